The first-order valence-electron chi connectivity index (χ1n) is 13.8. The molecule has 4 heteroatoms. The van der Waals surface area contributed by atoms with Gasteiger partial charge >= 0.3 is 5.97 Å². The van der Waals surface area contributed by atoms with Crippen LogP contribution in [0.1, 0.15) is 148 Å². The van der Waals surface area contributed by atoms with E-state index >= 15 is 0 Å². The Bertz CT molecular complexity index is 448. The normalized spacial score (nSPS) is 11.3. The van der Waals surface area contributed by atoms with Gasteiger partial charge in [-0.15, -0.1) is 0 Å². The Morgan fingerprint density at radius 3 is 1.56 bits per heavy atom. The molecule has 188 valence electrons. The number of ether oxygens (including phenoxy) is 1. The number of hydrogen-bond donors (Lipinski definition) is 1. The molecule has 0 fully saturated rings. The van der Waals surface area contributed by atoms with Gasteiger partial charge in [-0.2, -0.15) is 0 Å². The van der Waals surface area contributed by atoms with E-state index in [1.54, 1.807) is 0 Å². The van der Waals surface area contributed by atoms with E-state index in [9.17, 15) is 9.59 Å². The van der Waals surface area contributed by atoms with Crippen molar-refractivity contribution in [1.29, 1.82) is 0 Å². The predicted molar refractivity (Wildman–Crippen MR) is 137 cm³/mol. The number of primary amides is 1. The molecule has 0 aliphatic heterocycles. The van der Waals surface area contributed by atoms with E-state index in [2.05, 4.69) is 19.1 Å². The molecule has 0 aromatic heterocycles. The van der Waals surface area contributed by atoms with Gasteiger partial charge in [0, 0.05) is 12.8 Å². The van der Waals surface area contributed by atoms with E-state index in [-0.39, 0.29) is 11.9 Å². The van der Waals surface area contributed by atoms with Crippen molar-refractivity contribution in [2.75, 3.05) is 6.61 Å². The number of rotatable bonds is 25. The summed E-state index contributed by atoms with van der Waals surface area (Å²) in [6, 6.07) is 0. The molecular formula is C28H53NO3. The van der Waals surface area contributed by atoms with Gasteiger partial charge in [-0.25, -0.2) is 0 Å². The molecule has 2 N–H and O–H groups in total. The number of hydrogen-bond acceptors (Lipinski definition) is 3. The zero-order valence-electron chi connectivity index (χ0n) is 21.2. The average molecular weight is 452 g/mol. The van der Waals surface area contributed by atoms with E-state index in [1.807, 2.05) is 0 Å². The summed E-state index contributed by atoms with van der Waals surface area (Å²) in [5.74, 6) is -0.263. The lowest BCUT2D eigenvalue weighted by Crippen LogP contribution is -2.09. The molecule has 0 spiro atoms. The lowest BCUT2D eigenvalue weighted by molar-refractivity contribution is -0.143. The minimum atomic E-state index is -0.213. The number of carbonyl (C=O) groups excluding carboxylic acids is 2. The van der Waals surface area contributed by atoms with Crippen LogP contribution in [0.3, 0.4) is 0 Å². The van der Waals surface area contributed by atoms with E-state index in [1.165, 1.54) is 77.0 Å². The summed E-state index contributed by atoms with van der Waals surface area (Å²) in [4.78, 5) is 22.4. The number of esters is 1. The molecule has 0 unspecified atom stereocenters. The quantitative estimate of drug-likeness (QED) is 0.0864. The van der Waals surface area contributed by atoms with Gasteiger partial charge in [0.15, 0.2) is 0 Å². The van der Waals surface area contributed by atoms with Crippen LogP contribution >= 0.6 is 0 Å². The van der Waals surface area contributed by atoms with Crippen LogP contribution in [0.15, 0.2) is 12.2 Å². The van der Waals surface area contributed by atoms with E-state index in [0.29, 0.717) is 19.4 Å². The first kappa shape index (κ1) is 30.7. The van der Waals surface area contributed by atoms with Crippen LogP contribution in [0, 0.1) is 0 Å². The molecule has 0 radical (unpaired) electrons. The summed E-state index contributed by atoms with van der Waals surface area (Å²) in [5.41, 5.74) is 5.12. The van der Waals surface area contributed by atoms with Crippen molar-refractivity contribution in [1.82, 2.24) is 0 Å². The van der Waals surface area contributed by atoms with Crippen LogP contribution in [-0.4, -0.2) is 18.5 Å². The largest absolute Gasteiger partial charge is 0.466 e. The molecule has 0 aliphatic rings. The number of unbranched alkanes of at least 4 members (excludes halogenated alkanes) is 17. The molecule has 0 saturated carbocycles. The summed E-state index contributed by atoms with van der Waals surface area (Å²) >= 11 is 0. The van der Waals surface area contributed by atoms with Crippen molar-refractivity contribution < 1.29 is 14.3 Å². The van der Waals surface area contributed by atoms with Crippen molar-refractivity contribution in [3.63, 3.8) is 0 Å². The minimum absolute atomic E-state index is 0.0496. The van der Waals surface area contributed by atoms with Crippen LogP contribution < -0.4 is 5.73 Å². The van der Waals surface area contributed by atoms with E-state index < -0.39 is 0 Å². The maximum absolute atomic E-state index is 11.7. The molecule has 0 aliphatic carbocycles. The SMILES string of the molecule is CCCCCCCC/C=C\CCCCCCCCOC(=O)CCCCCCCCC(N)=O. The van der Waals surface area contributed by atoms with Crippen molar-refractivity contribution in [3.8, 4) is 0 Å². The van der Waals surface area contributed by atoms with Gasteiger partial charge < -0.3 is 10.5 Å². The minimum Gasteiger partial charge on any atom is -0.466 e. The van der Waals surface area contributed by atoms with Crippen molar-refractivity contribution in [2.24, 2.45) is 5.73 Å². The Kier molecular flexibility index (Phi) is 24.9. The fourth-order valence-corrected chi connectivity index (χ4v) is 3.88. The highest BCUT2D eigenvalue weighted by Gasteiger charge is 2.02. The van der Waals surface area contributed by atoms with E-state index in [4.69, 9.17) is 10.5 Å². The van der Waals surface area contributed by atoms with Crippen molar-refractivity contribution in [3.05, 3.63) is 12.2 Å². The van der Waals surface area contributed by atoms with Gasteiger partial charge in [0.05, 0.1) is 6.61 Å². The van der Waals surface area contributed by atoms with Gasteiger partial charge in [-0.05, 0) is 44.9 Å². The maximum atomic E-state index is 11.7. The molecule has 0 aromatic carbocycles. The third-order valence-corrected chi connectivity index (χ3v) is 5.97. The first-order valence-corrected chi connectivity index (χ1v) is 13.8. The van der Waals surface area contributed by atoms with Crippen molar-refractivity contribution >= 4 is 11.9 Å². The molecule has 0 aromatic rings. The van der Waals surface area contributed by atoms with Gasteiger partial charge in [-0.3, -0.25) is 9.59 Å². The summed E-state index contributed by atoms with van der Waals surface area (Å²) in [6.07, 6.45) is 29.9. The molecule has 1 amide bonds. The molecule has 0 saturated heterocycles. The lowest BCUT2D eigenvalue weighted by atomic mass is 10.1. The van der Waals surface area contributed by atoms with Crippen LogP contribution in [0.2, 0.25) is 0 Å². The highest BCUT2D eigenvalue weighted by molar-refractivity contribution is 5.73. The molecule has 32 heavy (non-hydrogen) atoms. The van der Waals surface area contributed by atoms with Gasteiger partial charge in [0.25, 0.3) is 0 Å². The van der Waals surface area contributed by atoms with Crippen LogP contribution in [0.25, 0.3) is 0 Å². The Balaban J connectivity index is 3.21. The summed E-state index contributed by atoms with van der Waals surface area (Å²) in [6.45, 7) is 2.85. The van der Waals surface area contributed by atoms with Gasteiger partial charge in [0.1, 0.15) is 0 Å². The maximum Gasteiger partial charge on any atom is 0.305 e. The van der Waals surface area contributed by atoms with Crippen LogP contribution in [-0.2, 0) is 14.3 Å². The highest BCUT2D eigenvalue weighted by atomic mass is 16.5. The zero-order chi connectivity index (χ0) is 23.5. The number of nitrogens with two attached hydrogens (primary N) is 1. The lowest BCUT2D eigenvalue weighted by Gasteiger charge is -2.05. The standard InChI is InChI=1S/C28H53NO3/c1-2-3-4-5-6-7-8-9-10-11-12-13-14-17-20-23-26-32-28(31)25-22-19-16-15-18-21-24-27(29)30/h9-10H,2-8,11-26H2,1H3,(H2,29,30)/b10-9-. The summed E-state index contributed by atoms with van der Waals surface area (Å²) in [7, 11) is 0. The topological polar surface area (TPSA) is 69.4 Å². The fraction of sp³-hybridized carbons (Fsp3) is 0.857. The molecule has 0 heterocycles. The Morgan fingerprint density at radius 1 is 0.594 bits per heavy atom. The number of amides is 1. The van der Waals surface area contributed by atoms with Gasteiger partial charge in [-0.1, -0.05) is 103 Å². The predicted octanol–water partition coefficient (Wildman–Crippen LogP) is 8.17. The third kappa shape index (κ3) is 26.7. The Labute approximate surface area is 199 Å². The third-order valence-electron chi connectivity index (χ3n) is 5.97. The molecule has 4 nitrogen and oxygen atoms in total. The molecule has 0 bridgehead atoms. The molecular weight excluding hydrogens is 398 g/mol. The summed E-state index contributed by atoms with van der Waals surface area (Å²) in [5, 5.41) is 0. The van der Waals surface area contributed by atoms with Crippen molar-refractivity contribution in [2.45, 2.75) is 148 Å². The Morgan fingerprint density at radius 2 is 1.03 bits per heavy atom. The molecule has 0 rings (SSSR count). The van der Waals surface area contributed by atoms with Crippen LogP contribution in [0.5, 0.6) is 0 Å². The second-order valence-corrected chi connectivity index (χ2v) is 9.25. The van der Waals surface area contributed by atoms with Crippen LogP contribution in [0.4, 0.5) is 0 Å². The number of allylic oxidation sites excluding steroid dienone is 2. The Hall–Kier alpha value is -1.32. The second kappa shape index (κ2) is 25.9. The zero-order valence-corrected chi connectivity index (χ0v) is 21.2. The average Bonchev–Trinajstić information content (AvgIpc) is 2.77. The second-order valence-electron chi connectivity index (χ2n) is 9.25. The summed E-state index contributed by atoms with van der Waals surface area (Å²) < 4.78 is 5.33. The fourth-order valence-electron chi connectivity index (χ4n) is 3.88. The monoisotopic (exact) mass is 451 g/mol. The van der Waals surface area contributed by atoms with Gasteiger partial charge in [0.2, 0.25) is 5.91 Å². The highest BCUT2D eigenvalue weighted by Crippen LogP contribution is 2.11. The first-order chi connectivity index (χ1) is 15.7. The molecule has 0 atom stereocenters. The smallest absolute Gasteiger partial charge is 0.305 e. The van der Waals surface area contributed by atoms with E-state index in [0.717, 1.165) is 51.4 Å². The number of carbonyl (C=O) groups is 2.